The van der Waals surface area contributed by atoms with Crippen molar-refractivity contribution >= 4 is 5.69 Å². The van der Waals surface area contributed by atoms with E-state index < -0.39 is 0 Å². The second-order valence-corrected chi connectivity index (χ2v) is 9.03. The van der Waals surface area contributed by atoms with Crippen LogP contribution in [0.15, 0.2) is 78.9 Å². The van der Waals surface area contributed by atoms with Crippen LogP contribution in [0.5, 0.6) is 0 Å². The van der Waals surface area contributed by atoms with Gasteiger partial charge in [-0.15, -0.1) is 0 Å². The quantitative estimate of drug-likeness (QED) is 0.461. The minimum atomic E-state index is 0. The summed E-state index contributed by atoms with van der Waals surface area (Å²) in [7, 11) is 6.65. The van der Waals surface area contributed by atoms with E-state index >= 15 is 0 Å². The maximum atomic E-state index is 2.31. The normalized spacial score (nSPS) is 12.3. The standard InChI is InChI=1S/C28H36N.ClH/c1-5-23-11-13-24(14-12-23)15-19-27(26-9-7-6-8-10-26)20-16-25-17-21-28(22-18-25)29(2,3)4;/h6-14,17-18,21-22,27H,5,15-16,19-20H2,1-4H3;1H/q+1;/p-1. The van der Waals surface area contributed by atoms with Gasteiger partial charge in [-0.3, -0.25) is 4.48 Å². The van der Waals surface area contributed by atoms with Gasteiger partial charge in [0.15, 0.2) is 0 Å². The first-order valence-corrected chi connectivity index (χ1v) is 11.0. The summed E-state index contributed by atoms with van der Waals surface area (Å²) in [6.07, 6.45) is 5.78. The van der Waals surface area contributed by atoms with Gasteiger partial charge >= 0.3 is 0 Å². The lowest BCUT2D eigenvalue weighted by Gasteiger charge is -2.23. The largest absolute Gasteiger partial charge is 1.00 e. The molecule has 1 nitrogen and oxygen atoms in total. The second-order valence-electron chi connectivity index (χ2n) is 9.03. The highest BCUT2D eigenvalue weighted by Gasteiger charge is 2.14. The number of benzene rings is 3. The Hall–Kier alpha value is -2.09. The Morgan fingerprint density at radius 3 is 1.57 bits per heavy atom. The first-order valence-electron chi connectivity index (χ1n) is 11.0. The SMILES string of the molecule is CCc1ccc(CCC(CCc2ccc([N+](C)(C)C)cc2)c2ccccc2)cc1.[Cl-]. The lowest BCUT2D eigenvalue weighted by molar-refractivity contribution is -0.00000621. The van der Waals surface area contributed by atoms with Crippen LogP contribution < -0.4 is 16.9 Å². The Labute approximate surface area is 189 Å². The predicted octanol–water partition coefficient (Wildman–Crippen LogP) is 3.80. The molecule has 0 N–H and O–H groups in total. The monoisotopic (exact) mass is 421 g/mol. The van der Waals surface area contributed by atoms with E-state index in [1.165, 1.54) is 40.8 Å². The molecule has 0 amide bonds. The van der Waals surface area contributed by atoms with E-state index in [4.69, 9.17) is 0 Å². The molecule has 160 valence electrons. The fourth-order valence-corrected chi connectivity index (χ4v) is 3.94. The van der Waals surface area contributed by atoms with Crippen LogP contribution in [0.3, 0.4) is 0 Å². The molecule has 0 aromatic heterocycles. The Morgan fingerprint density at radius 1 is 0.633 bits per heavy atom. The van der Waals surface area contributed by atoms with E-state index in [-0.39, 0.29) is 12.4 Å². The number of nitrogens with zero attached hydrogens (tertiary/aromatic N) is 1. The van der Waals surface area contributed by atoms with E-state index in [0.29, 0.717) is 5.92 Å². The molecule has 0 saturated heterocycles. The van der Waals surface area contributed by atoms with Gasteiger partial charge in [0.25, 0.3) is 0 Å². The number of rotatable bonds is 9. The fourth-order valence-electron chi connectivity index (χ4n) is 3.94. The summed E-state index contributed by atoms with van der Waals surface area (Å²) < 4.78 is 0.865. The summed E-state index contributed by atoms with van der Waals surface area (Å²) in [4.78, 5) is 0. The minimum absolute atomic E-state index is 0. The molecule has 0 aliphatic heterocycles. The van der Waals surface area contributed by atoms with Crippen molar-refractivity contribution in [2.45, 2.75) is 44.9 Å². The fraction of sp³-hybridized carbons (Fsp3) is 0.357. The third kappa shape index (κ3) is 7.00. The van der Waals surface area contributed by atoms with Crippen LogP contribution in [0.4, 0.5) is 5.69 Å². The van der Waals surface area contributed by atoms with Crippen molar-refractivity contribution in [2.24, 2.45) is 0 Å². The van der Waals surface area contributed by atoms with E-state index in [1.807, 2.05) is 0 Å². The van der Waals surface area contributed by atoms with Crippen molar-refractivity contribution < 1.29 is 12.4 Å². The van der Waals surface area contributed by atoms with Crippen LogP contribution in [0.25, 0.3) is 0 Å². The van der Waals surface area contributed by atoms with Crippen LogP contribution in [-0.2, 0) is 19.3 Å². The van der Waals surface area contributed by atoms with Crippen molar-refractivity contribution in [3.05, 3.63) is 101 Å². The van der Waals surface area contributed by atoms with Crippen molar-refractivity contribution in [1.82, 2.24) is 4.48 Å². The number of aryl methyl sites for hydroxylation is 3. The van der Waals surface area contributed by atoms with E-state index in [9.17, 15) is 0 Å². The Balaban J connectivity index is 0.00000320. The molecular formula is C28H36ClN. The zero-order valence-electron chi connectivity index (χ0n) is 18.9. The van der Waals surface area contributed by atoms with Gasteiger partial charge in [0.05, 0.1) is 21.1 Å². The molecule has 3 aromatic carbocycles. The third-order valence-corrected chi connectivity index (χ3v) is 5.98. The third-order valence-electron chi connectivity index (χ3n) is 5.98. The topological polar surface area (TPSA) is 0 Å². The van der Waals surface area contributed by atoms with Crippen molar-refractivity contribution in [3.63, 3.8) is 0 Å². The average molecular weight is 422 g/mol. The zero-order valence-corrected chi connectivity index (χ0v) is 19.7. The molecule has 1 unspecified atom stereocenters. The van der Waals surface area contributed by atoms with Crippen LogP contribution >= 0.6 is 0 Å². The molecule has 0 aliphatic carbocycles. The van der Waals surface area contributed by atoms with Gasteiger partial charge in [-0.25, -0.2) is 0 Å². The van der Waals surface area contributed by atoms with Crippen molar-refractivity contribution in [1.29, 1.82) is 0 Å². The molecular weight excluding hydrogens is 386 g/mol. The average Bonchev–Trinajstić information content (AvgIpc) is 2.74. The van der Waals surface area contributed by atoms with E-state index in [1.54, 1.807) is 0 Å². The minimum Gasteiger partial charge on any atom is -1.00 e. The summed E-state index contributed by atoms with van der Waals surface area (Å²) >= 11 is 0. The maximum Gasteiger partial charge on any atom is 0.132 e. The van der Waals surface area contributed by atoms with Crippen LogP contribution in [-0.4, -0.2) is 21.1 Å². The number of hydrogen-bond acceptors (Lipinski definition) is 0. The summed E-state index contributed by atoms with van der Waals surface area (Å²) in [5, 5.41) is 0. The second kappa shape index (κ2) is 11.3. The van der Waals surface area contributed by atoms with Gasteiger partial charge in [0.2, 0.25) is 0 Å². The van der Waals surface area contributed by atoms with Gasteiger partial charge in [-0.05, 0) is 72.4 Å². The molecule has 0 aliphatic rings. The molecule has 0 radical (unpaired) electrons. The summed E-state index contributed by atoms with van der Waals surface area (Å²) in [6, 6.07) is 29.4. The van der Waals surface area contributed by atoms with Gasteiger partial charge < -0.3 is 12.4 Å². The molecule has 0 bridgehead atoms. The number of quaternary nitrogens is 1. The van der Waals surface area contributed by atoms with Crippen LogP contribution in [0, 0.1) is 0 Å². The zero-order chi connectivity index (χ0) is 20.7. The molecule has 2 heteroatoms. The smallest absolute Gasteiger partial charge is 0.132 e. The van der Waals surface area contributed by atoms with Crippen molar-refractivity contribution in [3.8, 4) is 0 Å². The van der Waals surface area contributed by atoms with Gasteiger partial charge in [-0.1, -0.05) is 73.7 Å². The first kappa shape index (κ1) is 24.2. The molecule has 0 spiro atoms. The molecule has 1 atom stereocenters. The predicted molar refractivity (Wildman–Crippen MR) is 128 cm³/mol. The highest BCUT2D eigenvalue weighted by Crippen LogP contribution is 2.28. The summed E-state index contributed by atoms with van der Waals surface area (Å²) in [5.74, 6) is 0.597. The maximum absolute atomic E-state index is 2.31. The molecule has 0 saturated carbocycles. The Morgan fingerprint density at radius 2 is 1.10 bits per heavy atom. The van der Waals surface area contributed by atoms with E-state index in [2.05, 4.69) is 107 Å². The van der Waals surface area contributed by atoms with Crippen LogP contribution in [0.1, 0.15) is 47.9 Å². The molecule has 3 aromatic rings. The van der Waals surface area contributed by atoms with Gasteiger partial charge in [0.1, 0.15) is 5.69 Å². The molecule has 30 heavy (non-hydrogen) atoms. The van der Waals surface area contributed by atoms with Gasteiger partial charge in [0, 0.05) is 0 Å². The van der Waals surface area contributed by atoms with Crippen molar-refractivity contribution in [2.75, 3.05) is 21.1 Å². The number of halogens is 1. The lowest BCUT2D eigenvalue weighted by Crippen LogP contribution is -3.00. The first-order chi connectivity index (χ1) is 14.0. The Kier molecular flexibility index (Phi) is 9.14. The molecule has 0 heterocycles. The lowest BCUT2D eigenvalue weighted by atomic mass is 9.87. The van der Waals surface area contributed by atoms with Crippen LogP contribution in [0.2, 0.25) is 0 Å². The summed E-state index contributed by atoms with van der Waals surface area (Å²) in [6.45, 7) is 2.22. The molecule has 0 fully saturated rings. The van der Waals surface area contributed by atoms with E-state index in [0.717, 1.165) is 23.7 Å². The summed E-state index contributed by atoms with van der Waals surface area (Å²) in [5.41, 5.74) is 7.14. The highest BCUT2D eigenvalue weighted by molar-refractivity contribution is 5.42. The Bertz CT molecular complexity index is 861. The molecule has 3 rings (SSSR count). The van der Waals surface area contributed by atoms with Gasteiger partial charge in [-0.2, -0.15) is 0 Å². The number of hydrogen-bond donors (Lipinski definition) is 0. The highest BCUT2D eigenvalue weighted by atomic mass is 35.5.